The average molecular weight is 482 g/mol. The van der Waals surface area contributed by atoms with Crippen LogP contribution in [0.4, 0.5) is 5.82 Å². The number of nitrogens with zero attached hydrogens (tertiary/aromatic N) is 2. The molecule has 2 fully saturated rings. The molecule has 2 aliphatic rings. The molecule has 2 aromatic heterocycles. The van der Waals surface area contributed by atoms with Crippen LogP contribution >= 0.6 is 11.6 Å². The highest BCUT2D eigenvalue weighted by molar-refractivity contribution is 6.35. The first-order chi connectivity index (χ1) is 16.6. The summed E-state index contributed by atoms with van der Waals surface area (Å²) in [6, 6.07) is 7.41. The second-order valence-corrected chi connectivity index (χ2v) is 9.45. The van der Waals surface area contributed by atoms with Gasteiger partial charge in [-0.05, 0) is 50.7 Å². The number of H-pyrrole nitrogens is 1. The molecular weight excluding hydrogens is 454 g/mol. The van der Waals surface area contributed by atoms with Crippen molar-refractivity contribution in [1.29, 1.82) is 0 Å². The summed E-state index contributed by atoms with van der Waals surface area (Å²) in [6.45, 7) is 1.43. The quantitative estimate of drug-likeness (QED) is 0.457. The molecule has 1 aliphatic carbocycles. The number of anilines is 1. The molecule has 9 heteroatoms. The predicted molar refractivity (Wildman–Crippen MR) is 130 cm³/mol. The molecule has 1 amide bonds. The highest BCUT2D eigenvalue weighted by atomic mass is 35.5. The van der Waals surface area contributed by atoms with Crippen molar-refractivity contribution in [3.63, 3.8) is 0 Å². The van der Waals surface area contributed by atoms with E-state index in [-0.39, 0.29) is 29.7 Å². The van der Waals surface area contributed by atoms with E-state index in [1.807, 2.05) is 0 Å². The molecule has 0 unspecified atom stereocenters. The van der Waals surface area contributed by atoms with Gasteiger partial charge in [-0.1, -0.05) is 23.7 Å². The number of aromatic amines is 1. The van der Waals surface area contributed by atoms with E-state index in [1.165, 1.54) is 6.33 Å². The molecule has 3 heterocycles. The molecule has 1 saturated heterocycles. The van der Waals surface area contributed by atoms with Crippen molar-refractivity contribution in [2.24, 2.45) is 5.92 Å². The number of ketones is 1. The normalized spacial score (nSPS) is 21.3. The van der Waals surface area contributed by atoms with Crippen molar-refractivity contribution in [2.75, 3.05) is 18.5 Å². The van der Waals surface area contributed by atoms with E-state index in [2.05, 4.69) is 25.6 Å². The Bertz CT molecular complexity index is 1180. The van der Waals surface area contributed by atoms with Crippen LogP contribution in [0.15, 0.2) is 36.8 Å². The van der Waals surface area contributed by atoms with Gasteiger partial charge in [-0.15, -0.1) is 0 Å². The van der Waals surface area contributed by atoms with E-state index < -0.39 is 0 Å². The predicted octanol–water partition coefficient (Wildman–Crippen LogP) is 4.11. The molecule has 5 rings (SSSR count). The fourth-order valence-electron chi connectivity index (χ4n) is 4.90. The fourth-order valence-corrected chi connectivity index (χ4v) is 5.12. The van der Waals surface area contributed by atoms with Gasteiger partial charge in [0.1, 0.15) is 17.8 Å². The fraction of sp³-hybridized carbons (Fsp3) is 0.440. The maximum Gasteiger partial charge on any atom is 0.223 e. The number of amides is 1. The van der Waals surface area contributed by atoms with Crippen molar-refractivity contribution in [3.8, 4) is 0 Å². The van der Waals surface area contributed by atoms with Gasteiger partial charge in [0.15, 0.2) is 5.78 Å². The average Bonchev–Trinajstić information content (AvgIpc) is 3.30. The zero-order valence-electron chi connectivity index (χ0n) is 18.9. The number of halogens is 1. The number of benzene rings is 1. The highest BCUT2D eigenvalue weighted by Gasteiger charge is 2.29. The van der Waals surface area contributed by atoms with Crippen LogP contribution in [0.5, 0.6) is 0 Å². The summed E-state index contributed by atoms with van der Waals surface area (Å²) >= 11 is 6.27. The van der Waals surface area contributed by atoms with Gasteiger partial charge in [0.25, 0.3) is 0 Å². The van der Waals surface area contributed by atoms with Gasteiger partial charge >= 0.3 is 0 Å². The van der Waals surface area contributed by atoms with Crippen molar-refractivity contribution in [3.05, 3.63) is 52.9 Å². The van der Waals surface area contributed by atoms with Crippen LogP contribution in [-0.2, 0) is 9.53 Å². The topological polar surface area (TPSA) is 109 Å². The monoisotopic (exact) mass is 481 g/mol. The molecule has 0 spiro atoms. The van der Waals surface area contributed by atoms with Crippen LogP contribution in [0.3, 0.4) is 0 Å². The number of hydrogen-bond donors (Lipinski definition) is 3. The third-order valence-electron chi connectivity index (χ3n) is 6.84. The van der Waals surface area contributed by atoms with Gasteiger partial charge < -0.3 is 20.4 Å². The van der Waals surface area contributed by atoms with Crippen LogP contribution < -0.4 is 10.6 Å². The lowest BCUT2D eigenvalue weighted by Crippen LogP contribution is -2.43. The van der Waals surface area contributed by atoms with Gasteiger partial charge in [-0.3, -0.25) is 9.59 Å². The molecule has 3 aromatic rings. The van der Waals surface area contributed by atoms with Crippen molar-refractivity contribution in [2.45, 2.75) is 50.6 Å². The number of nitrogens with one attached hydrogen (secondary N) is 3. The molecule has 1 saturated carbocycles. The standard InChI is InChI=1S/C25H28ClN5O3/c26-20-4-2-1-3-18(20)22(32)19-13-27-23-21(19)24(29-14-28-23)30-16-7-5-15(6-8-16)25(33)31-17-9-11-34-12-10-17/h1-4,13-17H,5-12H2,(H,31,33)(H2,27,28,29,30). The number of carbonyl (C=O) groups excluding carboxylic acids is 2. The van der Waals surface area contributed by atoms with Gasteiger partial charge in [-0.2, -0.15) is 0 Å². The molecular formula is C25H28ClN5O3. The Morgan fingerprint density at radius 1 is 0.971 bits per heavy atom. The summed E-state index contributed by atoms with van der Waals surface area (Å²) in [5.41, 5.74) is 1.52. The molecule has 0 bridgehead atoms. The molecule has 0 atom stereocenters. The second kappa shape index (κ2) is 10.1. The molecule has 178 valence electrons. The lowest BCUT2D eigenvalue weighted by atomic mass is 9.85. The van der Waals surface area contributed by atoms with E-state index in [0.717, 1.165) is 51.7 Å². The lowest BCUT2D eigenvalue weighted by Gasteiger charge is -2.31. The van der Waals surface area contributed by atoms with Crippen LogP contribution in [-0.4, -0.2) is 51.9 Å². The summed E-state index contributed by atoms with van der Waals surface area (Å²) in [7, 11) is 0. The number of aromatic nitrogens is 3. The number of hydrogen-bond acceptors (Lipinski definition) is 6. The smallest absolute Gasteiger partial charge is 0.223 e. The minimum absolute atomic E-state index is 0.0379. The number of carbonyl (C=O) groups is 2. The molecule has 3 N–H and O–H groups in total. The van der Waals surface area contributed by atoms with Crippen molar-refractivity contribution in [1.82, 2.24) is 20.3 Å². The largest absolute Gasteiger partial charge is 0.381 e. The summed E-state index contributed by atoms with van der Waals surface area (Å²) < 4.78 is 5.38. The third-order valence-corrected chi connectivity index (χ3v) is 7.17. The zero-order valence-corrected chi connectivity index (χ0v) is 19.6. The maximum absolute atomic E-state index is 13.2. The Kier molecular flexibility index (Phi) is 6.78. The molecule has 8 nitrogen and oxygen atoms in total. The molecule has 34 heavy (non-hydrogen) atoms. The summed E-state index contributed by atoms with van der Waals surface area (Å²) in [6.07, 6.45) is 8.27. The Hall–Kier alpha value is -2.97. The Morgan fingerprint density at radius 3 is 2.50 bits per heavy atom. The third kappa shape index (κ3) is 4.79. The van der Waals surface area contributed by atoms with Gasteiger partial charge in [0, 0.05) is 43.0 Å². The highest BCUT2D eigenvalue weighted by Crippen LogP contribution is 2.31. The van der Waals surface area contributed by atoms with Gasteiger partial charge in [-0.25, -0.2) is 9.97 Å². The Labute approximate surface area is 202 Å². The lowest BCUT2D eigenvalue weighted by molar-refractivity contribution is -0.127. The summed E-state index contributed by atoms with van der Waals surface area (Å²) in [5, 5.41) is 7.78. The molecule has 1 aromatic carbocycles. The van der Waals surface area contributed by atoms with Crippen molar-refractivity contribution >= 4 is 40.1 Å². The van der Waals surface area contributed by atoms with Crippen LogP contribution in [0.1, 0.15) is 54.4 Å². The first kappa shape index (κ1) is 22.8. The number of fused-ring (bicyclic) bond motifs is 1. The minimum Gasteiger partial charge on any atom is -0.381 e. The SMILES string of the molecule is O=C(c1ccccc1Cl)c1c[nH]c2ncnc(NC3CCC(C(=O)NC4CCOCC4)CC3)c12. The van der Waals surface area contributed by atoms with Crippen LogP contribution in [0.25, 0.3) is 11.0 Å². The molecule has 1 aliphatic heterocycles. The first-order valence-corrected chi connectivity index (χ1v) is 12.2. The van der Waals surface area contributed by atoms with Gasteiger partial charge in [0.2, 0.25) is 5.91 Å². The van der Waals surface area contributed by atoms with E-state index in [9.17, 15) is 9.59 Å². The maximum atomic E-state index is 13.2. The van der Waals surface area contributed by atoms with E-state index >= 15 is 0 Å². The van der Waals surface area contributed by atoms with E-state index in [4.69, 9.17) is 16.3 Å². The van der Waals surface area contributed by atoms with Crippen molar-refractivity contribution < 1.29 is 14.3 Å². The minimum atomic E-state index is -0.178. The van der Waals surface area contributed by atoms with Gasteiger partial charge in [0.05, 0.1) is 16.0 Å². The Balaban J connectivity index is 1.27. The number of rotatable bonds is 6. The second-order valence-electron chi connectivity index (χ2n) is 9.05. The first-order valence-electron chi connectivity index (χ1n) is 11.9. The summed E-state index contributed by atoms with van der Waals surface area (Å²) in [4.78, 5) is 37.8. The van der Waals surface area contributed by atoms with Crippen LogP contribution in [0.2, 0.25) is 5.02 Å². The van der Waals surface area contributed by atoms with E-state index in [1.54, 1.807) is 30.5 Å². The van der Waals surface area contributed by atoms with Crippen LogP contribution in [0, 0.1) is 5.92 Å². The summed E-state index contributed by atoms with van der Waals surface area (Å²) in [5.74, 6) is 0.643. The molecule has 0 radical (unpaired) electrons. The number of ether oxygens (including phenoxy) is 1. The Morgan fingerprint density at radius 2 is 1.74 bits per heavy atom. The zero-order chi connectivity index (χ0) is 23.5. The van der Waals surface area contributed by atoms with E-state index in [0.29, 0.717) is 33.0 Å².